The van der Waals surface area contributed by atoms with Gasteiger partial charge in [-0.05, 0) is 25.4 Å². The van der Waals surface area contributed by atoms with E-state index in [1.54, 1.807) is 0 Å². The number of aromatic nitrogens is 2. The molecule has 1 aliphatic heterocycles. The lowest BCUT2D eigenvalue weighted by atomic mass is 10.1. The maximum absolute atomic E-state index is 4.74. The van der Waals surface area contributed by atoms with Crippen molar-refractivity contribution in [1.29, 1.82) is 0 Å². The second-order valence-electron chi connectivity index (χ2n) is 5.85. The molecule has 1 aromatic carbocycles. The van der Waals surface area contributed by atoms with Crippen LogP contribution in [0.5, 0.6) is 0 Å². The summed E-state index contributed by atoms with van der Waals surface area (Å²) in [6, 6.07) is 10.2. The Labute approximate surface area is 137 Å². The molecule has 2 aromatic rings. The summed E-state index contributed by atoms with van der Waals surface area (Å²) < 4.78 is 4.53. The lowest BCUT2D eigenvalue weighted by Crippen LogP contribution is -2.31. The number of nitrogens with zero attached hydrogens (tertiary/aromatic N) is 4. The number of rotatable bonds is 6. The van der Waals surface area contributed by atoms with Crippen molar-refractivity contribution in [2.75, 3.05) is 37.6 Å². The Hall–Kier alpha value is -1.46. The van der Waals surface area contributed by atoms with E-state index in [4.69, 9.17) is 4.98 Å². The maximum Gasteiger partial charge on any atom is 0.205 e. The molecular formula is C17H24N4S. The Morgan fingerprint density at radius 1 is 1.23 bits per heavy atom. The van der Waals surface area contributed by atoms with Gasteiger partial charge in [-0.25, -0.2) is 0 Å². The van der Waals surface area contributed by atoms with Crippen LogP contribution in [0.4, 0.5) is 5.13 Å². The highest BCUT2D eigenvalue weighted by molar-refractivity contribution is 7.09. The molecule has 1 fully saturated rings. The summed E-state index contributed by atoms with van der Waals surface area (Å²) in [5.74, 6) is 1.61. The van der Waals surface area contributed by atoms with Gasteiger partial charge in [-0.15, -0.1) is 0 Å². The lowest BCUT2D eigenvalue weighted by molar-refractivity contribution is 0.261. The third kappa shape index (κ3) is 3.47. The summed E-state index contributed by atoms with van der Waals surface area (Å²) in [5.41, 5.74) is 1.10. The van der Waals surface area contributed by atoms with Crippen molar-refractivity contribution in [2.45, 2.75) is 20.3 Å². The number of anilines is 1. The maximum atomic E-state index is 4.74. The highest BCUT2D eigenvalue weighted by atomic mass is 32.1. The zero-order valence-electron chi connectivity index (χ0n) is 13.4. The molecule has 0 N–H and O–H groups in total. The molecule has 5 heteroatoms. The minimum atomic E-state index is 0.754. The molecule has 1 saturated heterocycles. The molecule has 0 radical (unpaired) electrons. The first-order valence-corrected chi connectivity index (χ1v) is 8.94. The quantitative estimate of drug-likeness (QED) is 0.818. The zero-order chi connectivity index (χ0) is 15.4. The first-order chi connectivity index (χ1) is 10.8. The molecule has 1 aromatic heterocycles. The highest BCUT2D eigenvalue weighted by Gasteiger charge is 2.26. The number of hydrogen-bond acceptors (Lipinski definition) is 5. The van der Waals surface area contributed by atoms with Gasteiger partial charge in [0.05, 0.1) is 0 Å². The Balaban J connectivity index is 1.63. The average Bonchev–Trinajstić information content (AvgIpc) is 3.22. The molecule has 118 valence electrons. The van der Waals surface area contributed by atoms with E-state index in [-0.39, 0.29) is 0 Å². The Bertz CT molecular complexity index is 579. The molecule has 2 heterocycles. The molecule has 0 spiro atoms. The van der Waals surface area contributed by atoms with Crippen LogP contribution in [0, 0.1) is 5.92 Å². The van der Waals surface area contributed by atoms with Crippen LogP contribution >= 0.6 is 11.5 Å². The van der Waals surface area contributed by atoms with E-state index in [0.717, 1.165) is 48.6 Å². The fourth-order valence-corrected chi connectivity index (χ4v) is 3.77. The number of benzene rings is 1. The Morgan fingerprint density at radius 2 is 2.00 bits per heavy atom. The normalized spacial score (nSPS) is 18.3. The fraction of sp³-hybridized carbons (Fsp3) is 0.529. The summed E-state index contributed by atoms with van der Waals surface area (Å²) in [7, 11) is 0. The largest absolute Gasteiger partial charge is 0.347 e. The summed E-state index contributed by atoms with van der Waals surface area (Å²) in [6.07, 6.45) is 1.26. The fourth-order valence-electron chi connectivity index (χ4n) is 3.05. The number of hydrogen-bond donors (Lipinski definition) is 0. The molecule has 0 amide bonds. The van der Waals surface area contributed by atoms with Gasteiger partial charge in [0.25, 0.3) is 0 Å². The summed E-state index contributed by atoms with van der Waals surface area (Å²) >= 11 is 1.53. The molecule has 0 bridgehead atoms. The van der Waals surface area contributed by atoms with E-state index in [9.17, 15) is 0 Å². The van der Waals surface area contributed by atoms with Gasteiger partial charge < -0.3 is 9.80 Å². The zero-order valence-corrected chi connectivity index (χ0v) is 14.2. The monoisotopic (exact) mass is 316 g/mol. The lowest BCUT2D eigenvalue weighted by Gasteiger charge is -2.22. The Morgan fingerprint density at radius 3 is 2.73 bits per heavy atom. The summed E-state index contributed by atoms with van der Waals surface area (Å²) in [4.78, 5) is 9.65. The van der Waals surface area contributed by atoms with Crippen molar-refractivity contribution in [3.63, 3.8) is 0 Å². The second kappa shape index (κ2) is 7.20. The third-order valence-corrected chi connectivity index (χ3v) is 5.19. The molecule has 0 saturated carbocycles. The van der Waals surface area contributed by atoms with Crippen molar-refractivity contribution in [1.82, 2.24) is 14.3 Å². The molecule has 1 atom stereocenters. The first kappa shape index (κ1) is 15.4. The van der Waals surface area contributed by atoms with Gasteiger partial charge in [0.15, 0.2) is 5.82 Å². The van der Waals surface area contributed by atoms with E-state index in [2.05, 4.69) is 40.2 Å². The molecular weight excluding hydrogens is 292 g/mol. The standard InChI is InChI=1S/C17H24N4S/c1-3-20(4-2)12-14-10-11-21(13-14)17-18-16(19-22-17)15-8-6-5-7-9-15/h5-9,14H,3-4,10-13H2,1-2H3. The van der Waals surface area contributed by atoms with Crippen LogP contribution in [-0.2, 0) is 0 Å². The van der Waals surface area contributed by atoms with Crippen molar-refractivity contribution < 1.29 is 0 Å². The van der Waals surface area contributed by atoms with Crippen LogP contribution in [0.2, 0.25) is 0 Å². The molecule has 1 unspecified atom stereocenters. The van der Waals surface area contributed by atoms with Gasteiger partial charge in [0, 0.05) is 36.7 Å². The third-order valence-electron chi connectivity index (χ3n) is 4.41. The van der Waals surface area contributed by atoms with Gasteiger partial charge >= 0.3 is 0 Å². The summed E-state index contributed by atoms with van der Waals surface area (Å²) in [6.45, 7) is 10.2. The first-order valence-electron chi connectivity index (χ1n) is 8.16. The minimum Gasteiger partial charge on any atom is -0.347 e. The summed E-state index contributed by atoms with van der Waals surface area (Å²) in [5, 5.41) is 1.07. The van der Waals surface area contributed by atoms with Gasteiger partial charge in [-0.2, -0.15) is 9.36 Å². The minimum absolute atomic E-state index is 0.754. The SMILES string of the molecule is CCN(CC)CC1CCN(c2nc(-c3ccccc3)ns2)C1. The second-order valence-corrected chi connectivity index (χ2v) is 6.58. The topological polar surface area (TPSA) is 32.3 Å². The van der Waals surface area contributed by atoms with Crippen LogP contribution in [-0.4, -0.2) is 47.0 Å². The van der Waals surface area contributed by atoms with Crippen molar-refractivity contribution >= 4 is 16.7 Å². The average molecular weight is 316 g/mol. The predicted molar refractivity (Wildman–Crippen MR) is 93.5 cm³/mol. The van der Waals surface area contributed by atoms with Crippen LogP contribution in [0.1, 0.15) is 20.3 Å². The van der Waals surface area contributed by atoms with E-state index in [1.807, 2.05) is 18.2 Å². The van der Waals surface area contributed by atoms with E-state index < -0.39 is 0 Å². The highest BCUT2D eigenvalue weighted by Crippen LogP contribution is 2.28. The van der Waals surface area contributed by atoms with Crippen LogP contribution in [0.3, 0.4) is 0 Å². The Kier molecular flexibility index (Phi) is 5.05. The molecule has 1 aliphatic rings. The van der Waals surface area contributed by atoms with Crippen molar-refractivity contribution in [3.8, 4) is 11.4 Å². The van der Waals surface area contributed by atoms with Crippen LogP contribution in [0.15, 0.2) is 30.3 Å². The predicted octanol–water partition coefficient (Wildman–Crippen LogP) is 3.37. The van der Waals surface area contributed by atoms with Crippen LogP contribution < -0.4 is 4.90 Å². The molecule has 0 aliphatic carbocycles. The van der Waals surface area contributed by atoms with Gasteiger partial charge in [-0.3, -0.25) is 0 Å². The van der Waals surface area contributed by atoms with E-state index >= 15 is 0 Å². The van der Waals surface area contributed by atoms with Gasteiger partial charge in [-0.1, -0.05) is 44.2 Å². The van der Waals surface area contributed by atoms with Crippen LogP contribution in [0.25, 0.3) is 11.4 Å². The molecule has 4 nitrogen and oxygen atoms in total. The molecule has 3 rings (SSSR count). The van der Waals surface area contributed by atoms with Crippen molar-refractivity contribution in [2.24, 2.45) is 5.92 Å². The smallest absolute Gasteiger partial charge is 0.205 e. The van der Waals surface area contributed by atoms with E-state index in [0.29, 0.717) is 0 Å². The molecule has 22 heavy (non-hydrogen) atoms. The van der Waals surface area contributed by atoms with Gasteiger partial charge in [0.2, 0.25) is 5.13 Å². The van der Waals surface area contributed by atoms with Crippen molar-refractivity contribution in [3.05, 3.63) is 30.3 Å². The van der Waals surface area contributed by atoms with Gasteiger partial charge in [0.1, 0.15) is 0 Å². The van der Waals surface area contributed by atoms with E-state index in [1.165, 1.54) is 24.5 Å².